The first-order chi connectivity index (χ1) is 11.1. The number of nitrogens with one attached hydrogen (secondary N) is 2. The monoisotopic (exact) mass is 486 g/mol. The second kappa shape index (κ2) is 11.5. The molecule has 1 aliphatic rings. The summed E-state index contributed by atoms with van der Waals surface area (Å²) >= 11 is 7.30. The van der Waals surface area contributed by atoms with Gasteiger partial charge in [-0.2, -0.15) is 0 Å². The number of hydrogen-bond acceptors (Lipinski definition) is 4. The maximum absolute atomic E-state index is 10.2. The van der Waals surface area contributed by atoms with Gasteiger partial charge in [-0.15, -0.1) is 35.3 Å². The van der Waals surface area contributed by atoms with E-state index >= 15 is 0 Å². The molecule has 1 fully saturated rings. The van der Waals surface area contributed by atoms with Crippen LogP contribution in [0.25, 0.3) is 0 Å². The number of piperidine rings is 1. The molecular weight excluding hydrogens is 459 g/mol. The van der Waals surface area contributed by atoms with Crippen molar-refractivity contribution in [2.75, 3.05) is 39.8 Å². The molecule has 138 valence electrons. The zero-order valence-electron chi connectivity index (χ0n) is 14.3. The third kappa shape index (κ3) is 7.43. The number of nitrogens with zero attached hydrogens (tertiary/aromatic N) is 2. The minimum absolute atomic E-state index is 0. The van der Waals surface area contributed by atoms with Gasteiger partial charge in [-0.25, -0.2) is 0 Å². The van der Waals surface area contributed by atoms with Crippen molar-refractivity contribution in [2.24, 2.45) is 10.9 Å². The van der Waals surface area contributed by atoms with Crippen LogP contribution in [-0.4, -0.2) is 55.7 Å². The van der Waals surface area contributed by atoms with Gasteiger partial charge in [0.15, 0.2) is 5.96 Å². The zero-order valence-corrected chi connectivity index (χ0v) is 18.2. The van der Waals surface area contributed by atoms with E-state index < -0.39 is 6.10 Å². The summed E-state index contributed by atoms with van der Waals surface area (Å²) in [6, 6.07) is 3.66. The Morgan fingerprint density at radius 2 is 2.29 bits per heavy atom. The van der Waals surface area contributed by atoms with Crippen LogP contribution in [0.3, 0.4) is 0 Å². The van der Waals surface area contributed by atoms with Gasteiger partial charge < -0.3 is 20.6 Å². The third-order valence-electron chi connectivity index (χ3n) is 3.97. The average Bonchev–Trinajstić information content (AvgIpc) is 2.96. The van der Waals surface area contributed by atoms with Crippen LogP contribution in [0.1, 0.15) is 30.7 Å². The van der Waals surface area contributed by atoms with Crippen LogP contribution < -0.4 is 10.6 Å². The standard InChI is InChI=1S/C16H27ClN4OS.HI/c1-3-18-16(19-9-12-5-4-8-21(2)11-12)20-10-13(22)14-6-7-15(17)23-14;/h6-7,12-13,22H,3-5,8-11H2,1-2H3,(H2,18,19,20);1H. The van der Waals surface area contributed by atoms with E-state index in [-0.39, 0.29) is 24.0 Å². The lowest BCUT2D eigenvalue weighted by Gasteiger charge is -2.30. The summed E-state index contributed by atoms with van der Waals surface area (Å²) < 4.78 is 0.689. The molecule has 3 N–H and O–H groups in total. The number of guanidine groups is 1. The van der Waals surface area contributed by atoms with Crippen LogP contribution >= 0.6 is 46.9 Å². The third-order valence-corrected chi connectivity index (χ3v) is 5.30. The highest BCUT2D eigenvalue weighted by Gasteiger charge is 2.17. The summed E-state index contributed by atoms with van der Waals surface area (Å²) in [4.78, 5) is 7.73. The van der Waals surface area contributed by atoms with Gasteiger partial charge in [-0.3, -0.25) is 4.99 Å². The second-order valence-electron chi connectivity index (χ2n) is 6.03. The molecule has 8 heteroatoms. The molecule has 2 unspecified atom stereocenters. The molecule has 0 saturated carbocycles. The average molecular weight is 487 g/mol. The van der Waals surface area contributed by atoms with E-state index in [0.29, 0.717) is 16.8 Å². The van der Waals surface area contributed by atoms with E-state index in [4.69, 9.17) is 11.6 Å². The van der Waals surface area contributed by atoms with Crippen molar-refractivity contribution in [3.63, 3.8) is 0 Å². The minimum atomic E-state index is -0.608. The fourth-order valence-corrected chi connectivity index (χ4v) is 3.84. The lowest BCUT2D eigenvalue weighted by atomic mass is 9.99. The first-order valence-corrected chi connectivity index (χ1v) is 9.42. The SMILES string of the molecule is CCNC(=NCC(O)c1ccc(Cl)s1)NCC1CCCN(C)C1.I. The molecule has 24 heavy (non-hydrogen) atoms. The first-order valence-electron chi connectivity index (χ1n) is 8.22. The molecule has 2 atom stereocenters. The number of likely N-dealkylation sites (tertiary alicyclic amines) is 1. The van der Waals surface area contributed by atoms with Crippen molar-refractivity contribution >= 4 is 52.9 Å². The molecule has 1 saturated heterocycles. The molecule has 1 aromatic heterocycles. The Kier molecular flexibility index (Phi) is 10.5. The fraction of sp³-hybridized carbons (Fsp3) is 0.688. The van der Waals surface area contributed by atoms with Gasteiger partial charge in [0, 0.05) is 24.5 Å². The van der Waals surface area contributed by atoms with Crippen LogP contribution in [0.5, 0.6) is 0 Å². The molecule has 2 rings (SSSR count). The Hall–Kier alpha value is -0.0900. The highest BCUT2D eigenvalue weighted by atomic mass is 127. The van der Waals surface area contributed by atoms with Gasteiger partial charge in [0.25, 0.3) is 0 Å². The van der Waals surface area contributed by atoms with E-state index in [9.17, 15) is 5.11 Å². The van der Waals surface area contributed by atoms with Crippen LogP contribution in [0.4, 0.5) is 0 Å². The van der Waals surface area contributed by atoms with Crippen LogP contribution in [-0.2, 0) is 0 Å². The molecule has 5 nitrogen and oxygen atoms in total. The molecular formula is C16H28ClIN4OS. The molecule has 0 spiro atoms. The highest BCUT2D eigenvalue weighted by molar-refractivity contribution is 14.0. The van der Waals surface area contributed by atoms with Gasteiger partial charge in [0.1, 0.15) is 6.10 Å². The summed E-state index contributed by atoms with van der Waals surface area (Å²) in [6.07, 6.45) is 1.91. The lowest BCUT2D eigenvalue weighted by molar-refractivity contribution is 0.190. The summed E-state index contributed by atoms with van der Waals surface area (Å²) in [5, 5.41) is 16.8. The van der Waals surface area contributed by atoms with Gasteiger partial charge in [-0.05, 0) is 51.4 Å². The molecule has 0 aliphatic carbocycles. The lowest BCUT2D eigenvalue weighted by Crippen LogP contribution is -2.43. The zero-order chi connectivity index (χ0) is 16.7. The predicted molar refractivity (Wildman–Crippen MR) is 114 cm³/mol. The van der Waals surface area contributed by atoms with E-state index in [1.165, 1.54) is 30.7 Å². The van der Waals surface area contributed by atoms with Crippen LogP contribution in [0.15, 0.2) is 17.1 Å². The molecule has 0 bridgehead atoms. The Balaban J connectivity index is 0.00000288. The van der Waals surface area contributed by atoms with E-state index in [1.807, 2.05) is 13.0 Å². The maximum Gasteiger partial charge on any atom is 0.191 e. The number of thiophene rings is 1. The summed E-state index contributed by atoms with van der Waals surface area (Å²) in [6.45, 7) is 6.41. The van der Waals surface area contributed by atoms with Crippen molar-refractivity contribution in [2.45, 2.75) is 25.9 Å². The molecule has 0 amide bonds. The number of aliphatic hydroxyl groups is 1. The summed E-state index contributed by atoms with van der Waals surface area (Å²) in [5.74, 6) is 1.42. The van der Waals surface area contributed by atoms with Crippen molar-refractivity contribution in [1.82, 2.24) is 15.5 Å². The Morgan fingerprint density at radius 1 is 1.50 bits per heavy atom. The number of aliphatic imine (C=N–C) groups is 1. The minimum Gasteiger partial charge on any atom is -0.386 e. The fourth-order valence-electron chi connectivity index (χ4n) is 2.80. The first kappa shape index (κ1) is 22.0. The number of rotatable bonds is 6. The second-order valence-corrected chi connectivity index (χ2v) is 7.78. The van der Waals surface area contributed by atoms with Crippen molar-refractivity contribution in [1.29, 1.82) is 0 Å². The van der Waals surface area contributed by atoms with Gasteiger partial charge in [0.05, 0.1) is 10.9 Å². The maximum atomic E-state index is 10.2. The molecule has 2 heterocycles. The van der Waals surface area contributed by atoms with Crippen molar-refractivity contribution in [3.8, 4) is 0 Å². The molecule has 0 aromatic carbocycles. The number of halogens is 2. The van der Waals surface area contributed by atoms with Gasteiger partial charge >= 0.3 is 0 Å². The summed E-state index contributed by atoms with van der Waals surface area (Å²) in [5.41, 5.74) is 0. The Labute approximate surface area is 170 Å². The predicted octanol–water partition coefficient (Wildman–Crippen LogP) is 2.95. The van der Waals surface area contributed by atoms with Gasteiger partial charge in [-0.1, -0.05) is 11.6 Å². The Bertz CT molecular complexity index is 514. The van der Waals surface area contributed by atoms with E-state index in [2.05, 4.69) is 27.6 Å². The Morgan fingerprint density at radius 3 is 2.92 bits per heavy atom. The van der Waals surface area contributed by atoms with Crippen LogP contribution in [0, 0.1) is 5.92 Å². The highest BCUT2D eigenvalue weighted by Crippen LogP contribution is 2.26. The van der Waals surface area contributed by atoms with E-state index in [1.54, 1.807) is 6.07 Å². The molecule has 1 aliphatic heterocycles. The van der Waals surface area contributed by atoms with E-state index in [0.717, 1.165) is 30.5 Å². The molecule has 1 aromatic rings. The largest absolute Gasteiger partial charge is 0.386 e. The van der Waals surface area contributed by atoms with Crippen molar-refractivity contribution < 1.29 is 5.11 Å². The quantitative estimate of drug-likeness (QED) is 0.329. The van der Waals surface area contributed by atoms with Crippen molar-refractivity contribution in [3.05, 3.63) is 21.3 Å². The topological polar surface area (TPSA) is 59.9 Å². The van der Waals surface area contributed by atoms with Crippen LogP contribution in [0.2, 0.25) is 4.34 Å². The molecule has 0 radical (unpaired) electrons. The number of hydrogen-bond donors (Lipinski definition) is 3. The summed E-state index contributed by atoms with van der Waals surface area (Å²) in [7, 11) is 2.17. The smallest absolute Gasteiger partial charge is 0.191 e. The normalized spacial score (nSPS) is 20.3. The number of aliphatic hydroxyl groups excluding tert-OH is 1. The van der Waals surface area contributed by atoms with Gasteiger partial charge in [0.2, 0.25) is 0 Å².